The highest BCUT2D eigenvalue weighted by molar-refractivity contribution is 5.92. The van der Waals surface area contributed by atoms with Crippen LogP contribution in [-0.2, 0) is 4.79 Å². The minimum absolute atomic E-state index is 0.0164. The van der Waals surface area contributed by atoms with Crippen LogP contribution in [0.2, 0.25) is 0 Å². The van der Waals surface area contributed by atoms with E-state index in [4.69, 9.17) is 0 Å². The summed E-state index contributed by atoms with van der Waals surface area (Å²) >= 11 is 0. The van der Waals surface area contributed by atoms with Gasteiger partial charge in [-0.2, -0.15) is 0 Å². The maximum Gasteiger partial charge on any atom is 0.269 e. The topological polar surface area (TPSA) is 75.5 Å². The number of carbonyl (C=O) groups is 1. The second kappa shape index (κ2) is 5.65. The Morgan fingerprint density at radius 3 is 2.43 bits per heavy atom. The van der Waals surface area contributed by atoms with Gasteiger partial charge in [-0.1, -0.05) is 0 Å². The first-order valence-corrected chi connectivity index (χ1v) is 7.05. The zero-order chi connectivity index (χ0) is 14.8. The summed E-state index contributed by atoms with van der Waals surface area (Å²) in [4.78, 5) is 24.2. The molecule has 3 rings (SSSR count). The zero-order valence-corrected chi connectivity index (χ0v) is 11.6. The van der Waals surface area contributed by atoms with Gasteiger partial charge in [0.05, 0.1) is 4.92 Å². The summed E-state index contributed by atoms with van der Waals surface area (Å²) < 4.78 is 0. The first-order chi connectivity index (χ1) is 10.1. The molecule has 2 unspecified atom stereocenters. The number of amides is 1. The summed E-state index contributed by atoms with van der Waals surface area (Å²) in [5.74, 6) is 1.19. The van der Waals surface area contributed by atoms with Crippen molar-refractivity contribution in [2.45, 2.75) is 0 Å². The quantitative estimate of drug-likeness (QED) is 0.516. The molecule has 2 aliphatic rings. The molecule has 2 atom stereocenters. The van der Waals surface area contributed by atoms with Crippen molar-refractivity contribution in [3.8, 4) is 0 Å². The lowest BCUT2D eigenvalue weighted by molar-refractivity contribution is -0.384. The van der Waals surface area contributed by atoms with Crippen molar-refractivity contribution in [3.05, 3.63) is 46.0 Å². The molecule has 0 spiro atoms. The Bertz CT molecular complexity index is 570. The number of likely N-dealkylation sites (tertiary alicyclic amines) is 1. The highest BCUT2D eigenvalue weighted by Gasteiger charge is 2.37. The number of rotatable bonds is 3. The van der Waals surface area contributed by atoms with E-state index in [-0.39, 0.29) is 11.6 Å². The lowest BCUT2D eigenvalue weighted by atomic mass is 10.0. The lowest BCUT2D eigenvalue weighted by Gasteiger charge is -2.14. The molecule has 6 nitrogen and oxygen atoms in total. The van der Waals surface area contributed by atoms with E-state index in [1.165, 1.54) is 12.1 Å². The monoisotopic (exact) mass is 287 g/mol. The van der Waals surface area contributed by atoms with Crippen molar-refractivity contribution < 1.29 is 9.72 Å². The largest absolute Gasteiger partial charge is 0.338 e. The minimum atomic E-state index is -0.435. The fraction of sp³-hybridized carbons (Fsp3) is 0.400. The van der Waals surface area contributed by atoms with E-state index >= 15 is 0 Å². The van der Waals surface area contributed by atoms with Crippen LogP contribution in [0.5, 0.6) is 0 Å². The average molecular weight is 287 g/mol. The van der Waals surface area contributed by atoms with E-state index in [1.54, 1.807) is 24.3 Å². The van der Waals surface area contributed by atoms with E-state index in [2.05, 4.69) is 5.32 Å². The van der Waals surface area contributed by atoms with Gasteiger partial charge in [-0.05, 0) is 35.6 Å². The number of benzene rings is 1. The first-order valence-electron chi connectivity index (χ1n) is 7.05. The molecule has 21 heavy (non-hydrogen) atoms. The maximum atomic E-state index is 12.1. The minimum Gasteiger partial charge on any atom is -0.338 e. The van der Waals surface area contributed by atoms with Crippen LogP contribution in [0.1, 0.15) is 5.56 Å². The molecule has 2 aliphatic heterocycles. The number of nitrogens with zero attached hydrogens (tertiary/aromatic N) is 2. The van der Waals surface area contributed by atoms with Crippen LogP contribution in [0.25, 0.3) is 6.08 Å². The summed E-state index contributed by atoms with van der Waals surface area (Å²) in [5, 5.41) is 13.9. The van der Waals surface area contributed by atoms with Crippen LogP contribution >= 0.6 is 0 Å². The van der Waals surface area contributed by atoms with Gasteiger partial charge in [0.2, 0.25) is 5.91 Å². The number of hydrogen-bond donors (Lipinski definition) is 1. The van der Waals surface area contributed by atoms with Gasteiger partial charge in [-0.25, -0.2) is 0 Å². The Kier molecular flexibility index (Phi) is 3.70. The molecule has 0 aliphatic carbocycles. The van der Waals surface area contributed by atoms with E-state index < -0.39 is 4.92 Å². The molecule has 2 heterocycles. The Hall–Kier alpha value is -2.21. The molecule has 1 N–H and O–H groups in total. The van der Waals surface area contributed by atoms with Crippen molar-refractivity contribution >= 4 is 17.7 Å². The van der Waals surface area contributed by atoms with E-state index in [0.29, 0.717) is 11.8 Å². The SMILES string of the molecule is O=C(C=Cc1ccc([N+](=O)[O-])cc1)N1CC2CNCC2C1. The smallest absolute Gasteiger partial charge is 0.269 e. The fourth-order valence-corrected chi connectivity index (χ4v) is 3.02. The number of nitro groups is 1. The van der Waals surface area contributed by atoms with Gasteiger partial charge in [0.25, 0.3) is 5.69 Å². The number of nitro benzene ring substituents is 1. The number of nitrogens with one attached hydrogen (secondary N) is 1. The van der Waals surface area contributed by atoms with E-state index in [0.717, 1.165) is 31.7 Å². The van der Waals surface area contributed by atoms with Crippen LogP contribution < -0.4 is 5.32 Å². The number of fused-ring (bicyclic) bond motifs is 1. The van der Waals surface area contributed by atoms with Gasteiger partial charge in [0.1, 0.15) is 0 Å². The Labute approximate surface area is 122 Å². The molecule has 0 saturated carbocycles. The maximum absolute atomic E-state index is 12.1. The summed E-state index contributed by atoms with van der Waals surface area (Å²) in [6.45, 7) is 3.64. The van der Waals surface area contributed by atoms with Crippen LogP contribution in [0, 0.1) is 22.0 Å². The Morgan fingerprint density at radius 2 is 1.86 bits per heavy atom. The molecule has 2 fully saturated rings. The molecule has 0 bridgehead atoms. The average Bonchev–Trinajstić information content (AvgIpc) is 3.06. The highest BCUT2D eigenvalue weighted by Crippen LogP contribution is 2.26. The van der Waals surface area contributed by atoms with Crippen molar-refractivity contribution in [1.82, 2.24) is 10.2 Å². The van der Waals surface area contributed by atoms with Gasteiger partial charge in [0, 0.05) is 44.4 Å². The number of carbonyl (C=O) groups excluding carboxylic acids is 1. The predicted molar refractivity (Wildman–Crippen MR) is 78.6 cm³/mol. The Balaban J connectivity index is 1.60. The fourth-order valence-electron chi connectivity index (χ4n) is 3.02. The third-order valence-electron chi connectivity index (χ3n) is 4.22. The molecule has 0 radical (unpaired) electrons. The second-order valence-electron chi connectivity index (χ2n) is 5.60. The summed E-state index contributed by atoms with van der Waals surface area (Å²) in [6.07, 6.45) is 3.26. The zero-order valence-electron chi connectivity index (χ0n) is 11.6. The summed E-state index contributed by atoms with van der Waals surface area (Å²) in [7, 11) is 0. The van der Waals surface area contributed by atoms with Crippen molar-refractivity contribution in [1.29, 1.82) is 0 Å². The van der Waals surface area contributed by atoms with Crippen molar-refractivity contribution in [3.63, 3.8) is 0 Å². The predicted octanol–water partition coefficient (Wildman–Crippen LogP) is 1.29. The van der Waals surface area contributed by atoms with E-state index in [9.17, 15) is 14.9 Å². The standard InChI is InChI=1S/C15H17N3O3/c19-15(17-9-12-7-16-8-13(12)10-17)6-3-11-1-4-14(5-2-11)18(20)21/h1-6,12-13,16H,7-10H2. The lowest BCUT2D eigenvalue weighted by Crippen LogP contribution is -2.30. The third kappa shape index (κ3) is 2.95. The molecule has 1 aromatic rings. The Morgan fingerprint density at radius 1 is 1.24 bits per heavy atom. The third-order valence-corrected chi connectivity index (χ3v) is 4.22. The van der Waals surface area contributed by atoms with E-state index in [1.807, 2.05) is 4.90 Å². The highest BCUT2D eigenvalue weighted by atomic mass is 16.6. The van der Waals surface area contributed by atoms with Gasteiger partial charge in [0.15, 0.2) is 0 Å². The van der Waals surface area contributed by atoms with Crippen LogP contribution in [0.3, 0.4) is 0 Å². The number of non-ortho nitro benzene ring substituents is 1. The molecule has 0 aromatic heterocycles. The van der Waals surface area contributed by atoms with Crippen LogP contribution in [0.15, 0.2) is 30.3 Å². The normalized spacial score (nSPS) is 24.5. The first kappa shape index (κ1) is 13.8. The molecule has 6 heteroatoms. The van der Waals surface area contributed by atoms with Gasteiger partial charge in [-0.15, -0.1) is 0 Å². The summed E-state index contributed by atoms with van der Waals surface area (Å²) in [5.41, 5.74) is 0.841. The number of hydrogen-bond acceptors (Lipinski definition) is 4. The van der Waals surface area contributed by atoms with Crippen LogP contribution in [0.4, 0.5) is 5.69 Å². The molecular formula is C15H17N3O3. The molecule has 110 valence electrons. The van der Waals surface area contributed by atoms with Gasteiger partial charge in [-0.3, -0.25) is 14.9 Å². The van der Waals surface area contributed by atoms with Crippen molar-refractivity contribution in [2.75, 3.05) is 26.2 Å². The summed E-state index contributed by atoms with van der Waals surface area (Å²) in [6, 6.07) is 6.17. The molecule has 1 amide bonds. The van der Waals surface area contributed by atoms with Gasteiger partial charge < -0.3 is 10.2 Å². The molecular weight excluding hydrogens is 270 g/mol. The van der Waals surface area contributed by atoms with Gasteiger partial charge >= 0.3 is 0 Å². The molecule has 2 saturated heterocycles. The van der Waals surface area contributed by atoms with Crippen molar-refractivity contribution in [2.24, 2.45) is 11.8 Å². The van der Waals surface area contributed by atoms with Crippen LogP contribution in [-0.4, -0.2) is 41.9 Å². The molecule has 1 aromatic carbocycles. The second-order valence-corrected chi connectivity index (χ2v) is 5.60.